The Morgan fingerprint density at radius 1 is 1.29 bits per heavy atom. The number of alkyl halides is 3. The number of nitrogens with one attached hydrogen (secondary N) is 1. The second-order valence-electron chi connectivity index (χ2n) is 4.30. The molecule has 0 aliphatic heterocycles. The second-order valence-corrected chi connectivity index (χ2v) is 4.71. The molecule has 21 heavy (non-hydrogen) atoms. The van der Waals surface area contributed by atoms with Gasteiger partial charge in [0.15, 0.2) is 0 Å². The zero-order valence-corrected chi connectivity index (χ0v) is 12.0. The van der Waals surface area contributed by atoms with Crippen molar-refractivity contribution in [3.05, 3.63) is 46.4 Å². The Kier molecular flexibility index (Phi) is 4.74. The standard InChI is InChI=1S/C14H13F3N2OS/c1-2-20-8-12-18-11(7-13(21)19-12)9-4-3-5-10(6-9)14(15,16)17/h3-7H,2,8H2,1H3,(H,18,19,21). The van der Waals surface area contributed by atoms with E-state index in [1.807, 2.05) is 6.92 Å². The monoisotopic (exact) mass is 314 g/mol. The van der Waals surface area contributed by atoms with E-state index in [0.717, 1.165) is 12.1 Å². The molecule has 0 saturated carbocycles. The molecule has 0 atom stereocenters. The van der Waals surface area contributed by atoms with E-state index in [-0.39, 0.29) is 6.61 Å². The first kappa shape index (κ1) is 15.7. The highest BCUT2D eigenvalue weighted by atomic mass is 32.1. The number of aromatic amines is 1. The molecule has 0 bridgehead atoms. The van der Waals surface area contributed by atoms with Crippen LogP contribution in [0.25, 0.3) is 11.3 Å². The number of ether oxygens (including phenoxy) is 1. The average molecular weight is 314 g/mol. The van der Waals surface area contributed by atoms with E-state index in [1.165, 1.54) is 12.1 Å². The van der Waals surface area contributed by atoms with E-state index in [9.17, 15) is 13.2 Å². The fourth-order valence-corrected chi connectivity index (χ4v) is 2.02. The topological polar surface area (TPSA) is 37.9 Å². The highest BCUT2D eigenvalue weighted by molar-refractivity contribution is 7.71. The number of hydrogen-bond donors (Lipinski definition) is 1. The first-order valence-electron chi connectivity index (χ1n) is 6.26. The Morgan fingerprint density at radius 3 is 2.71 bits per heavy atom. The van der Waals surface area contributed by atoms with Gasteiger partial charge in [0.1, 0.15) is 17.1 Å². The zero-order chi connectivity index (χ0) is 15.5. The molecule has 1 aromatic carbocycles. The quantitative estimate of drug-likeness (QED) is 0.852. The molecule has 112 valence electrons. The molecular formula is C14H13F3N2OS. The first-order chi connectivity index (χ1) is 9.90. The third-order valence-electron chi connectivity index (χ3n) is 2.74. The largest absolute Gasteiger partial charge is 0.416 e. The number of aromatic nitrogens is 2. The minimum absolute atomic E-state index is 0.229. The van der Waals surface area contributed by atoms with E-state index in [4.69, 9.17) is 17.0 Å². The van der Waals surface area contributed by atoms with Gasteiger partial charge in [-0.3, -0.25) is 0 Å². The Bertz CT molecular complexity index is 682. The molecule has 0 saturated heterocycles. The van der Waals surface area contributed by atoms with Crippen molar-refractivity contribution in [3.8, 4) is 11.3 Å². The Morgan fingerprint density at radius 2 is 2.05 bits per heavy atom. The van der Waals surface area contributed by atoms with Gasteiger partial charge >= 0.3 is 6.18 Å². The number of benzene rings is 1. The lowest BCUT2D eigenvalue weighted by atomic mass is 10.1. The third kappa shape index (κ3) is 4.12. The fraction of sp³-hybridized carbons (Fsp3) is 0.286. The van der Waals surface area contributed by atoms with Crippen molar-refractivity contribution in [2.75, 3.05) is 6.61 Å². The summed E-state index contributed by atoms with van der Waals surface area (Å²) in [6.45, 7) is 2.58. The van der Waals surface area contributed by atoms with Crippen molar-refractivity contribution in [2.24, 2.45) is 0 Å². The number of nitrogens with zero attached hydrogens (tertiary/aromatic N) is 1. The van der Waals surface area contributed by atoms with Crippen LogP contribution in [0.3, 0.4) is 0 Å². The van der Waals surface area contributed by atoms with Gasteiger partial charge in [-0.05, 0) is 30.7 Å². The highest BCUT2D eigenvalue weighted by Crippen LogP contribution is 2.31. The van der Waals surface area contributed by atoms with Crippen molar-refractivity contribution in [2.45, 2.75) is 19.7 Å². The molecule has 0 unspecified atom stereocenters. The normalized spacial score (nSPS) is 11.6. The van der Waals surface area contributed by atoms with E-state index in [1.54, 1.807) is 6.07 Å². The Hall–Kier alpha value is -1.73. The molecule has 0 fully saturated rings. The smallest absolute Gasteiger partial charge is 0.374 e. The first-order valence-corrected chi connectivity index (χ1v) is 6.66. The van der Waals surface area contributed by atoms with Crippen LogP contribution in [-0.4, -0.2) is 16.6 Å². The minimum Gasteiger partial charge on any atom is -0.374 e. The van der Waals surface area contributed by atoms with Crippen molar-refractivity contribution in [1.29, 1.82) is 0 Å². The number of H-pyrrole nitrogens is 1. The van der Waals surface area contributed by atoms with E-state index in [0.29, 0.717) is 28.3 Å². The summed E-state index contributed by atoms with van der Waals surface area (Å²) in [6.07, 6.45) is -4.38. The van der Waals surface area contributed by atoms with Crippen molar-refractivity contribution in [1.82, 2.24) is 9.97 Å². The van der Waals surface area contributed by atoms with Crippen LogP contribution in [0.15, 0.2) is 30.3 Å². The summed E-state index contributed by atoms with van der Waals surface area (Å²) in [6, 6.07) is 6.57. The van der Waals surface area contributed by atoms with Crippen LogP contribution in [0.2, 0.25) is 0 Å². The van der Waals surface area contributed by atoms with Crippen LogP contribution in [0.5, 0.6) is 0 Å². The van der Waals surface area contributed by atoms with E-state index >= 15 is 0 Å². The van der Waals surface area contributed by atoms with Crippen molar-refractivity contribution in [3.63, 3.8) is 0 Å². The summed E-state index contributed by atoms with van der Waals surface area (Å²) in [5.74, 6) is 0.483. The van der Waals surface area contributed by atoms with Gasteiger partial charge < -0.3 is 9.72 Å². The van der Waals surface area contributed by atoms with Gasteiger partial charge in [-0.1, -0.05) is 24.4 Å². The molecule has 0 amide bonds. The van der Waals surface area contributed by atoms with Crippen LogP contribution < -0.4 is 0 Å². The molecule has 0 radical (unpaired) electrons. The number of rotatable bonds is 4. The van der Waals surface area contributed by atoms with Gasteiger partial charge in [-0.2, -0.15) is 13.2 Å². The SMILES string of the molecule is CCOCc1nc(=S)cc(-c2cccc(C(F)(F)F)c2)[nH]1. The Balaban J connectivity index is 2.42. The minimum atomic E-state index is -4.38. The zero-order valence-electron chi connectivity index (χ0n) is 11.2. The Labute approximate surface area is 124 Å². The summed E-state index contributed by atoms with van der Waals surface area (Å²) in [4.78, 5) is 7.02. The van der Waals surface area contributed by atoms with E-state index in [2.05, 4.69) is 9.97 Å². The average Bonchev–Trinajstić information content (AvgIpc) is 2.44. The predicted octanol–water partition coefficient (Wildman–Crippen LogP) is 4.36. The molecule has 1 heterocycles. The van der Waals surface area contributed by atoms with Crippen molar-refractivity contribution < 1.29 is 17.9 Å². The molecule has 7 heteroatoms. The second kappa shape index (κ2) is 6.36. The lowest BCUT2D eigenvalue weighted by Gasteiger charge is -2.10. The molecule has 2 rings (SSSR count). The van der Waals surface area contributed by atoms with Crippen LogP contribution >= 0.6 is 12.2 Å². The van der Waals surface area contributed by atoms with Crippen LogP contribution in [0.1, 0.15) is 18.3 Å². The molecule has 3 nitrogen and oxygen atoms in total. The predicted molar refractivity (Wildman–Crippen MR) is 75.2 cm³/mol. The summed E-state index contributed by atoms with van der Waals surface area (Å²) in [5, 5.41) is 0. The van der Waals surface area contributed by atoms with Gasteiger partial charge in [0.25, 0.3) is 0 Å². The summed E-state index contributed by atoms with van der Waals surface area (Å²) in [7, 11) is 0. The van der Waals surface area contributed by atoms with Gasteiger partial charge in [-0.15, -0.1) is 0 Å². The molecule has 0 aliphatic carbocycles. The highest BCUT2D eigenvalue weighted by Gasteiger charge is 2.30. The molecular weight excluding hydrogens is 301 g/mol. The number of hydrogen-bond acceptors (Lipinski definition) is 3. The lowest BCUT2D eigenvalue weighted by Crippen LogP contribution is -2.05. The van der Waals surface area contributed by atoms with Crippen LogP contribution in [-0.2, 0) is 17.5 Å². The maximum absolute atomic E-state index is 12.7. The molecule has 1 aromatic heterocycles. The summed E-state index contributed by atoms with van der Waals surface area (Å²) < 4.78 is 43.8. The van der Waals surface area contributed by atoms with Gasteiger partial charge in [-0.25, -0.2) is 4.98 Å². The van der Waals surface area contributed by atoms with Gasteiger partial charge in [0.2, 0.25) is 0 Å². The van der Waals surface area contributed by atoms with Gasteiger partial charge in [0.05, 0.1) is 5.56 Å². The maximum Gasteiger partial charge on any atom is 0.416 e. The van der Waals surface area contributed by atoms with Crippen molar-refractivity contribution >= 4 is 12.2 Å². The molecule has 2 aromatic rings. The summed E-state index contributed by atoms with van der Waals surface area (Å²) >= 11 is 5.03. The molecule has 0 spiro atoms. The lowest BCUT2D eigenvalue weighted by molar-refractivity contribution is -0.137. The van der Waals surface area contributed by atoms with Crippen LogP contribution in [0, 0.1) is 4.64 Å². The maximum atomic E-state index is 12.7. The van der Waals surface area contributed by atoms with Gasteiger partial charge in [0, 0.05) is 12.3 Å². The fourth-order valence-electron chi connectivity index (χ4n) is 1.79. The molecule has 1 N–H and O–H groups in total. The molecule has 0 aliphatic rings. The number of halogens is 3. The summed E-state index contributed by atoms with van der Waals surface area (Å²) in [5.41, 5.74) is 0.175. The van der Waals surface area contributed by atoms with E-state index < -0.39 is 11.7 Å². The van der Waals surface area contributed by atoms with Crippen LogP contribution in [0.4, 0.5) is 13.2 Å². The third-order valence-corrected chi connectivity index (χ3v) is 2.94.